The van der Waals surface area contributed by atoms with E-state index in [4.69, 9.17) is 0 Å². The topological polar surface area (TPSA) is 88.9 Å². The van der Waals surface area contributed by atoms with Crippen molar-refractivity contribution in [2.24, 2.45) is 0 Å². The molecule has 0 aliphatic rings. The van der Waals surface area contributed by atoms with Crippen LogP contribution in [0, 0.1) is 6.92 Å². The molecule has 30 heavy (non-hydrogen) atoms. The van der Waals surface area contributed by atoms with E-state index in [1.54, 1.807) is 12.1 Å². The number of carbonyl (C=O) groups is 2. The summed E-state index contributed by atoms with van der Waals surface area (Å²) in [7, 11) is 0. The summed E-state index contributed by atoms with van der Waals surface area (Å²) in [5.41, 5.74) is 2.41. The Morgan fingerprint density at radius 3 is 2.47 bits per heavy atom. The van der Waals surface area contributed by atoms with Crippen LogP contribution in [0.4, 0.5) is 5.69 Å². The molecule has 1 heterocycles. The number of anilines is 1. The fraction of sp³-hybridized carbons (Fsp3) is 0.273. The molecule has 7 nitrogen and oxygen atoms in total. The zero-order valence-electron chi connectivity index (χ0n) is 17.3. The third-order valence-corrected chi connectivity index (χ3v) is 5.55. The maximum absolute atomic E-state index is 12.4. The summed E-state index contributed by atoms with van der Waals surface area (Å²) < 4.78 is 1.92. The molecule has 1 aromatic heterocycles. The number of nitrogens with one attached hydrogen (secondary N) is 2. The van der Waals surface area contributed by atoms with E-state index in [-0.39, 0.29) is 23.6 Å². The van der Waals surface area contributed by atoms with Crippen LogP contribution in [-0.4, -0.2) is 32.3 Å². The van der Waals surface area contributed by atoms with Crippen LogP contribution < -0.4 is 10.6 Å². The first-order valence-corrected chi connectivity index (χ1v) is 10.8. The molecule has 8 heteroatoms. The summed E-state index contributed by atoms with van der Waals surface area (Å²) in [5.74, 6) is 0.605. The molecule has 0 fully saturated rings. The minimum absolute atomic E-state index is 0.105. The van der Waals surface area contributed by atoms with E-state index in [1.165, 1.54) is 11.8 Å². The van der Waals surface area contributed by atoms with E-state index in [9.17, 15) is 9.59 Å². The van der Waals surface area contributed by atoms with Crippen molar-refractivity contribution in [1.29, 1.82) is 0 Å². The van der Waals surface area contributed by atoms with Crippen molar-refractivity contribution in [3.63, 3.8) is 0 Å². The summed E-state index contributed by atoms with van der Waals surface area (Å²) in [4.78, 5) is 24.8. The van der Waals surface area contributed by atoms with Gasteiger partial charge in [-0.3, -0.25) is 9.59 Å². The molecule has 3 aromatic rings. The highest BCUT2D eigenvalue weighted by Gasteiger charge is 2.20. The van der Waals surface area contributed by atoms with Gasteiger partial charge in [-0.2, -0.15) is 0 Å². The van der Waals surface area contributed by atoms with Gasteiger partial charge in [0.05, 0.1) is 11.8 Å². The number of thioether (sulfide) groups is 1. The van der Waals surface area contributed by atoms with Crippen LogP contribution in [0.3, 0.4) is 0 Å². The number of nitrogens with zero attached hydrogens (tertiary/aromatic N) is 3. The fourth-order valence-corrected chi connectivity index (χ4v) is 3.80. The van der Waals surface area contributed by atoms with Crippen molar-refractivity contribution in [2.75, 3.05) is 11.1 Å². The summed E-state index contributed by atoms with van der Waals surface area (Å²) in [5, 5.41) is 15.0. The van der Waals surface area contributed by atoms with E-state index in [1.807, 2.05) is 67.8 Å². The first-order chi connectivity index (χ1) is 14.5. The summed E-state index contributed by atoms with van der Waals surface area (Å²) in [6.45, 7) is 6.44. The molecule has 0 radical (unpaired) electrons. The number of aryl methyl sites for hydroxylation is 1. The number of hydrogen-bond acceptors (Lipinski definition) is 5. The monoisotopic (exact) mass is 423 g/mol. The smallest absolute Gasteiger partial charge is 0.251 e. The summed E-state index contributed by atoms with van der Waals surface area (Å²) in [6, 6.07) is 16.4. The minimum Gasteiger partial charge on any atom is -0.342 e. The lowest BCUT2D eigenvalue weighted by Crippen LogP contribution is -2.28. The van der Waals surface area contributed by atoms with E-state index < -0.39 is 0 Å². The molecule has 0 aliphatic carbocycles. The van der Waals surface area contributed by atoms with E-state index >= 15 is 0 Å². The van der Waals surface area contributed by atoms with Gasteiger partial charge in [0.15, 0.2) is 11.0 Å². The van der Waals surface area contributed by atoms with Gasteiger partial charge in [-0.15, -0.1) is 10.2 Å². The Hall–Kier alpha value is -3.13. The Morgan fingerprint density at radius 2 is 1.77 bits per heavy atom. The molecule has 2 amide bonds. The Morgan fingerprint density at radius 1 is 1.07 bits per heavy atom. The largest absolute Gasteiger partial charge is 0.342 e. The first kappa shape index (κ1) is 21.6. The van der Waals surface area contributed by atoms with Gasteiger partial charge in [-0.25, -0.2) is 0 Å². The van der Waals surface area contributed by atoms with Gasteiger partial charge in [-0.1, -0.05) is 48.2 Å². The highest BCUT2D eigenvalue weighted by Crippen LogP contribution is 2.21. The van der Waals surface area contributed by atoms with Gasteiger partial charge in [0.25, 0.3) is 5.91 Å². The van der Waals surface area contributed by atoms with Crippen LogP contribution in [0.15, 0.2) is 59.8 Å². The van der Waals surface area contributed by atoms with Crippen molar-refractivity contribution < 1.29 is 9.59 Å². The predicted octanol–water partition coefficient (Wildman–Crippen LogP) is 3.83. The zero-order valence-corrected chi connectivity index (χ0v) is 18.1. The summed E-state index contributed by atoms with van der Waals surface area (Å²) in [6.07, 6.45) is 0. The Labute approximate surface area is 180 Å². The maximum Gasteiger partial charge on any atom is 0.251 e. The highest BCUT2D eigenvalue weighted by atomic mass is 32.2. The van der Waals surface area contributed by atoms with Crippen molar-refractivity contribution in [1.82, 2.24) is 20.1 Å². The second-order valence-corrected chi connectivity index (χ2v) is 7.74. The first-order valence-electron chi connectivity index (χ1n) is 9.77. The summed E-state index contributed by atoms with van der Waals surface area (Å²) >= 11 is 1.32. The van der Waals surface area contributed by atoms with Crippen molar-refractivity contribution in [3.8, 4) is 0 Å². The van der Waals surface area contributed by atoms with Crippen molar-refractivity contribution in [2.45, 2.75) is 38.5 Å². The average Bonchev–Trinajstić information content (AvgIpc) is 3.17. The van der Waals surface area contributed by atoms with Crippen LogP contribution >= 0.6 is 11.8 Å². The fourth-order valence-electron chi connectivity index (χ4n) is 2.99. The van der Waals surface area contributed by atoms with Crippen LogP contribution in [0.25, 0.3) is 0 Å². The number of rotatable bonds is 8. The molecule has 3 rings (SSSR count). The van der Waals surface area contributed by atoms with Crippen LogP contribution in [0.5, 0.6) is 0 Å². The van der Waals surface area contributed by atoms with Gasteiger partial charge in [0.1, 0.15) is 0 Å². The molecule has 0 saturated carbocycles. The van der Waals surface area contributed by atoms with Crippen molar-refractivity contribution >= 4 is 29.3 Å². The number of aromatic nitrogens is 3. The molecule has 0 aliphatic heterocycles. The van der Waals surface area contributed by atoms with Gasteiger partial charge >= 0.3 is 0 Å². The molecule has 2 N–H and O–H groups in total. The van der Waals surface area contributed by atoms with Crippen LogP contribution in [0.2, 0.25) is 0 Å². The lowest BCUT2D eigenvalue weighted by molar-refractivity contribution is -0.113. The molecular weight excluding hydrogens is 398 g/mol. The van der Waals surface area contributed by atoms with Gasteiger partial charge < -0.3 is 15.2 Å². The second-order valence-electron chi connectivity index (χ2n) is 6.80. The minimum atomic E-state index is -0.319. The molecule has 0 bridgehead atoms. The molecule has 156 valence electrons. The van der Waals surface area contributed by atoms with E-state index in [0.29, 0.717) is 23.1 Å². The normalized spacial score (nSPS) is 11.7. The van der Waals surface area contributed by atoms with Crippen molar-refractivity contribution in [3.05, 3.63) is 71.5 Å². The lowest BCUT2D eigenvalue weighted by atomic mass is 10.2. The number of benzene rings is 2. The number of hydrogen-bond donors (Lipinski definition) is 2. The van der Waals surface area contributed by atoms with Crippen LogP contribution in [0.1, 0.15) is 41.6 Å². The molecular formula is C22H25N5O2S. The maximum atomic E-state index is 12.4. The number of amides is 2. The van der Waals surface area contributed by atoms with Gasteiger partial charge in [0.2, 0.25) is 5.91 Å². The van der Waals surface area contributed by atoms with E-state index in [0.717, 1.165) is 11.3 Å². The molecule has 0 unspecified atom stereocenters. The molecule has 0 spiro atoms. The zero-order chi connectivity index (χ0) is 21.5. The standard InChI is InChI=1S/C22H25N5O2S/c1-4-27-20(16(3)23-21(29)17-11-6-5-7-12-17)25-26-22(27)30-14-19(28)24-18-13-9-8-10-15(18)2/h5-13,16H,4,14H2,1-3H3,(H,23,29)(H,24,28)/t16-/m1/s1. The predicted molar refractivity (Wildman–Crippen MR) is 119 cm³/mol. The number of para-hydroxylation sites is 1. The Bertz CT molecular complexity index is 1020. The lowest BCUT2D eigenvalue weighted by Gasteiger charge is -2.15. The molecule has 2 aromatic carbocycles. The third kappa shape index (κ3) is 5.27. The average molecular weight is 424 g/mol. The molecule has 0 saturated heterocycles. The van der Waals surface area contributed by atoms with Gasteiger partial charge in [-0.05, 0) is 44.5 Å². The quantitative estimate of drug-likeness (QED) is 0.538. The number of carbonyl (C=O) groups excluding carboxylic acids is 2. The highest BCUT2D eigenvalue weighted by molar-refractivity contribution is 7.99. The third-order valence-electron chi connectivity index (χ3n) is 4.58. The second kappa shape index (κ2) is 10.1. The van der Waals surface area contributed by atoms with Gasteiger partial charge in [0, 0.05) is 17.8 Å². The molecule has 1 atom stereocenters. The Balaban J connectivity index is 1.63. The van der Waals surface area contributed by atoms with E-state index in [2.05, 4.69) is 20.8 Å². The SMILES string of the molecule is CCn1c(SCC(=O)Nc2ccccc2C)nnc1[C@@H](C)NC(=O)c1ccccc1. The Kier molecular flexibility index (Phi) is 7.24. The van der Waals surface area contributed by atoms with Crippen LogP contribution in [-0.2, 0) is 11.3 Å².